The average molecular weight is 127 g/mol. The van der Waals surface area contributed by atoms with Crippen LogP contribution in [0.1, 0.15) is 46.5 Å². The summed E-state index contributed by atoms with van der Waals surface area (Å²) in [6, 6.07) is 0. The molecule has 0 fully saturated rings. The van der Waals surface area contributed by atoms with Gasteiger partial charge in [-0.05, 0) is 12.3 Å². The van der Waals surface area contributed by atoms with Crippen LogP contribution < -0.4 is 0 Å². The predicted octanol–water partition coefficient (Wildman–Crippen LogP) is 3.43. The molecule has 0 nitrogen and oxygen atoms in total. The van der Waals surface area contributed by atoms with E-state index in [1.807, 2.05) is 0 Å². The van der Waals surface area contributed by atoms with Gasteiger partial charge in [0.2, 0.25) is 0 Å². The molecule has 0 aromatic carbocycles. The zero-order valence-electron chi connectivity index (χ0n) is 6.98. The number of unbranched alkanes of at least 4 members (excludes halogenated alkanes) is 2. The van der Waals surface area contributed by atoms with E-state index in [4.69, 9.17) is 0 Å². The van der Waals surface area contributed by atoms with Crippen LogP contribution in [0.4, 0.5) is 0 Å². The molecule has 0 aliphatic carbocycles. The van der Waals surface area contributed by atoms with Gasteiger partial charge in [0.15, 0.2) is 0 Å². The summed E-state index contributed by atoms with van der Waals surface area (Å²) < 4.78 is 0. The van der Waals surface area contributed by atoms with Crippen molar-refractivity contribution in [2.75, 3.05) is 0 Å². The Morgan fingerprint density at radius 3 is 2.56 bits per heavy atom. The third kappa shape index (κ3) is 5.88. The van der Waals surface area contributed by atoms with E-state index >= 15 is 0 Å². The predicted molar refractivity (Wildman–Crippen MR) is 43.3 cm³/mol. The standard InChI is InChI=1S/C9H19/c1-4-6-7-8-9(3)5-2/h4,9H,5-8H2,1-3H3. The van der Waals surface area contributed by atoms with Crippen molar-refractivity contribution in [2.24, 2.45) is 5.92 Å². The molecule has 55 valence electrons. The average Bonchev–Trinajstić information content (AvgIpc) is 1.89. The Hall–Kier alpha value is 0. The Morgan fingerprint density at radius 1 is 1.44 bits per heavy atom. The van der Waals surface area contributed by atoms with Crippen molar-refractivity contribution in [2.45, 2.75) is 46.5 Å². The van der Waals surface area contributed by atoms with Crippen LogP contribution in [-0.2, 0) is 0 Å². The van der Waals surface area contributed by atoms with Crippen LogP contribution >= 0.6 is 0 Å². The van der Waals surface area contributed by atoms with E-state index in [1.54, 1.807) is 0 Å². The molecule has 0 bridgehead atoms. The third-order valence-corrected chi connectivity index (χ3v) is 1.89. The van der Waals surface area contributed by atoms with E-state index in [2.05, 4.69) is 27.2 Å². The second-order valence-corrected chi connectivity index (χ2v) is 2.85. The van der Waals surface area contributed by atoms with Crippen LogP contribution in [0, 0.1) is 12.3 Å². The van der Waals surface area contributed by atoms with Gasteiger partial charge >= 0.3 is 0 Å². The molecule has 0 spiro atoms. The van der Waals surface area contributed by atoms with E-state index in [9.17, 15) is 0 Å². The summed E-state index contributed by atoms with van der Waals surface area (Å²) in [7, 11) is 0. The first-order chi connectivity index (χ1) is 4.31. The fourth-order valence-electron chi connectivity index (χ4n) is 0.875. The summed E-state index contributed by atoms with van der Waals surface area (Å²) >= 11 is 0. The minimum atomic E-state index is 0.935. The summed E-state index contributed by atoms with van der Waals surface area (Å²) in [6.45, 7) is 6.73. The van der Waals surface area contributed by atoms with Gasteiger partial charge in [-0.1, -0.05) is 46.5 Å². The van der Waals surface area contributed by atoms with Crippen molar-refractivity contribution in [3.63, 3.8) is 0 Å². The molecule has 1 atom stereocenters. The van der Waals surface area contributed by atoms with E-state index in [-0.39, 0.29) is 0 Å². The lowest BCUT2D eigenvalue weighted by atomic mass is 10.0. The molecular formula is C9H19. The molecule has 0 saturated carbocycles. The van der Waals surface area contributed by atoms with Gasteiger partial charge < -0.3 is 0 Å². The van der Waals surface area contributed by atoms with Crippen molar-refractivity contribution in [1.82, 2.24) is 0 Å². The second kappa shape index (κ2) is 6.12. The fraction of sp³-hybridized carbons (Fsp3) is 0.889. The molecule has 0 N–H and O–H groups in total. The van der Waals surface area contributed by atoms with Gasteiger partial charge in [0, 0.05) is 0 Å². The van der Waals surface area contributed by atoms with Crippen LogP contribution in [-0.4, -0.2) is 0 Å². The molecule has 0 rings (SSSR count). The van der Waals surface area contributed by atoms with E-state index < -0.39 is 0 Å². The van der Waals surface area contributed by atoms with Gasteiger partial charge in [0.25, 0.3) is 0 Å². The first-order valence-corrected chi connectivity index (χ1v) is 4.09. The number of rotatable bonds is 5. The molecule has 9 heavy (non-hydrogen) atoms. The van der Waals surface area contributed by atoms with Crippen LogP contribution in [0.2, 0.25) is 0 Å². The summed E-state index contributed by atoms with van der Waals surface area (Å²) in [5.74, 6) is 0.935. The maximum Gasteiger partial charge on any atom is -0.0417 e. The normalized spacial score (nSPS) is 13.7. The zero-order valence-corrected chi connectivity index (χ0v) is 6.98. The Bertz CT molecular complexity index is 48.0. The van der Waals surface area contributed by atoms with Crippen LogP contribution in [0.5, 0.6) is 0 Å². The highest BCUT2D eigenvalue weighted by molar-refractivity contribution is 4.57. The van der Waals surface area contributed by atoms with Crippen LogP contribution in [0.25, 0.3) is 0 Å². The molecule has 0 aliphatic heterocycles. The van der Waals surface area contributed by atoms with E-state index in [0.29, 0.717) is 0 Å². The zero-order chi connectivity index (χ0) is 7.11. The highest BCUT2D eigenvalue weighted by Gasteiger charge is 1.95. The summed E-state index contributed by atoms with van der Waals surface area (Å²) in [4.78, 5) is 0. The van der Waals surface area contributed by atoms with Crippen LogP contribution in [0.15, 0.2) is 0 Å². The monoisotopic (exact) mass is 127 g/mol. The first-order valence-electron chi connectivity index (χ1n) is 4.09. The quantitative estimate of drug-likeness (QED) is 0.496. The van der Waals surface area contributed by atoms with Crippen molar-refractivity contribution in [1.29, 1.82) is 0 Å². The smallest absolute Gasteiger partial charge is 0.0417 e. The minimum Gasteiger partial charge on any atom is -0.0651 e. The van der Waals surface area contributed by atoms with Crippen molar-refractivity contribution in [3.05, 3.63) is 6.42 Å². The molecule has 0 heteroatoms. The maximum absolute atomic E-state index is 2.33. The summed E-state index contributed by atoms with van der Waals surface area (Å²) in [5.41, 5.74) is 0. The fourth-order valence-corrected chi connectivity index (χ4v) is 0.875. The van der Waals surface area contributed by atoms with Gasteiger partial charge in [-0.25, -0.2) is 0 Å². The molecule has 0 aromatic rings. The number of hydrogen-bond acceptors (Lipinski definition) is 0. The van der Waals surface area contributed by atoms with Crippen molar-refractivity contribution in [3.8, 4) is 0 Å². The summed E-state index contributed by atoms with van der Waals surface area (Å²) in [6.07, 6.45) is 7.67. The Morgan fingerprint density at radius 2 is 2.11 bits per heavy atom. The third-order valence-electron chi connectivity index (χ3n) is 1.89. The van der Waals surface area contributed by atoms with Crippen LogP contribution in [0.3, 0.4) is 0 Å². The lowest BCUT2D eigenvalue weighted by Gasteiger charge is -2.05. The minimum absolute atomic E-state index is 0.935. The molecule has 0 aliphatic rings. The lowest BCUT2D eigenvalue weighted by molar-refractivity contribution is 0.494. The molecular weight excluding hydrogens is 108 g/mol. The lowest BCUT2D eigenvalue weighted by Crippen LogP contribution is -1.90. The summed E-state index contributed by atoms with van der Waals surface area (Å²) in [5, 5.41) is 0. The molecule has 0 heterocycles. The van der Waals surface area contributed by atoms with Gasteiger partial charge in [-0.15, -0.1) is 0 Å². The van der Waals surface area contributed by atoms with Crippen molar-refractivity contribution >= 4 is 0 Å². The van der Waals surface area contributed by atoms with Gasteiger partial charge in [-0.2, -0.15) is 0 Å². The molecule has 1 radical (unpaired) electrons. The molecule has 0 aromatic heterocycles. The van der Waals surface area contributed by atoms with E-state index in [0.717, 1.165) is 5.92 Å². The molecule has 0 saturated heterocycles. The highest BCUT2D eigenvalue weighted by atomic mass is 14.0. The molecule has 1 unspecified atom stereocenters. The highest BCUT2D eigenvalue weighted by Crippen LogP contribution is 2.11. The van der Waals surface area contributed by atoms with Gasteiger partial charge in [0.05, 0.1) is 0 Å². The number of hydrogen-bond donors (Lipinski definition) is 0. The van der Waals surface area contributed by atoms with Gasteiger partial charge in [-0.3, -0.25) is 0 Å². The largest absolute Gasteiger partial charge is 0.0651 e. The Kier molecular flexibility index (Phi) is 6.12. The first kappa shape index (κ1) is 9.00. The van der Waals surface area contributed by atoms with Crippen molar-refractivity contribution < 1.29 is 0 Å². The maximum atomic E-state index is 2.33. The SMILES string of the molecule is C[CH]CCCC(C)CC. The Labute approximate surface area is 59.7 Å². The van der Waals surface area contributed by atoms with E-state index in [1.165, 1.54) is 25.7 Å². The molecule has 0 amide bonds. The van der Waals surface area contributed by atoms with Gasteiger partial charge in [0.1, 0.15) is 0 Å². The Balaban J connectivity index is 2.88. The topological polar surface area (TPSA) is 0 Å². The second-order valence-electron chi connectivity index (χ2n) is 2.85.